The van der Waals surface area contributed by atoms with Crippen molar-refractivity contribution in [3.8, 4) is 0 Å². The van der Waals surface area contributed by atoms with Crippen LogP contribution in [0.1, 0.15) is 12.8 Å². The topological polar surface area (TPSA) is 60.2 Å². The van der Waals surface area contributed by atoms with Crippen LogP contribution < -0.4 is 5.73 Å². The van der Waals surface area contributed by atoms with E-state index in [2.05, 4.69) is 0 Å². The highest BCUT2D eigenvalue weighted by Gasteiger charge is 2.26. The molecule has 0 radical (unpaired) electrons. The molecule has 1 unspecified atom stereocenters. The molecular weight excluding hydrogens is 162 g/mol. The molecule has 0 aromatic heterocycles. The molecule has 0 saturated heterocycles. The van der Waals surface area contributed by atoms with Crippen LogP contribution >= 0.6 is 0 Å². The van der Waals surface area contributed by atoms with E-state index in [4.69, 9.17) is 5.73 Å². The average molecular weight is 175 g/mol. The third kappa shape index (κ3) is 3.53. The molecule has 11 heavy (non-hydrogen) atoms. The van der Waals surface area contributed by atoms with Gasteiger partial charge in [0.05, 0.1) is 0 Å². The minimum absolute atomic E-state index is 0.0651. The van der Waals surface area contributed by atoms with Gasteiger partial charge in [0, 0.05) is 17.7 Å². The van der Waals surface area contributed by atoms with E-state index in [0.717, 1.165) is 12.8 Å². The molecule has 1 atom stereocenters. The Labute approximate surface area is 67.2 Å². The highest BCUT2D eigenvalue weighted by atomic mass is 32.2. The van der Waals surface area contributed by atoms with Crippen molar-refractivity contribution in [3.05, 3.63) is 11.5 Å². The molecule has 1 rings (SSSR count). The predicted molar refractivity (Wildman–Crippen MR) is 44.7 cm³/mol. The summed E-state index contributed by atoms with van der Waals surface area (Å²) in [5.41, 5.74) is 5.63. The van der Waals surface area contributed by atoms with Crippen molar-refractivity contribution in [1.82, 2.24) is 0 Å². The lowest BCUT2D eigenvalue weighted by molar-refractivity contribution is 0.609. The zero-order chi connectivity index (χ0) is 8.48. The average Bonchev–Trinajstić information content (AvgIpc) is 2.61. The van der Waals surface area contributed by atoms with Gasteiger partial charge in [0.15, 0.2) is 9.84 Å². The van der Waals surface area contributed by atoms with Crippen molar-refractivity contribution in [1.29, 1.82) is 0 Å². The van der Waals surface area contributed by atoms with Gasteiger partial charge in [-0.15, -0.1) is 0 Å². The highest BCUT2D eigenvalue weighted by molar-refractivity contribution is 7.93. The first-order valence-electron chi connectivity index (χ1n) is 3.63. The van der Waals surface area contributed by atoms with Crippen molar-refractivity contribution in [2.45, 2.75) is 18.9 Å². The second kappa shape index (κ2) is 2.95. The summed E-state index contributed by atoms with van der Waals surface area (Å²) in [6.45, 7) is 0. The summed E-state index contributed by atoms with van der Waals surface area (Å²) >= 11 is 0. The van der Waals surface area contributed by atoms with E-state index < -0.39 is 9.84 Å². The van der Waals surface area contributed by atoms with Crippen LogP contribution in [0.15, 0.2) is 11.5 Å². The van der Waals surface area contributed by atoms with Gasteiger partial charge in [-0.1, -0.05) is 6.08 Å². The molecule has 0 aliphatic heterocycles. The van der Waals surface area contributed by atoms with E-state index >= 15 is 0 Å². The first-order chi connectivity index (χ1) is 4.99. The third-order valence-corrected chi connectivity index (χ3v) is 2.37. The van der Waals surface area contributed by atoms with Crippen LogP contribution in [-0.4, -0.2) is 20.7 Å². The Morgan fingerprint density at radius 1 is 1.55 bits per heavy atom. The van der Waals surface area contributed by atoms with E-state index in [1.807, 2.05) is 0 Å². The molecule has 0 heterocycles. The summed E-state index contributed by atoms with van der Waals surface area (Å²) in [4.78, 5) is 0. The lowest BCUT2D eigenvalue weighted by Crippen LogP contribution is -2.19. The molecular formula is C7H13NO2S. The molecule has 0 aromatic rings. The monoisotopic (exact) mass is 175 g/mol. The van der Waals surface area contributed by atoms with E-state index in [0.29, 0.717) is 5.92 Å². The predicted octanol–water partition coefficient (Wildman–Crippen LogP) is 0.282. The van der Waals surface area contributed by atoms with Gasteiger partial charge in [-0.2, -0.15) is 0 Å². The summed E-state index contributed by atoms with van der Waals surface area (Å²) in [7, 11) is -2.99. The fraction of sp³-hybridized carbons (Fsp3) is 0.714. The molecule has 64 valence electrons. The summed E-state index contributed by atoms with van der Waals surface area (Å²) in [6.07, 6.45) is 5.01. The molecule has 2 N–H and O–H groups in total. The molecule has 1 saturated carbocycles. The van der Waals surface area contributed by atoms with Gasteiger partial charge in [-0.25, -0.2) is 8.42 Å². The molecule has 4 heteroatoms. The van der Waals surface area contributed by atoms with Crippen molar-refractivity contribution >= 4 is 9.84 Å². The van der Waals surface area contributed by atoms with Crippen LogP contribution in [0, 0.1) is 5.92 Å². The minimum atomic E-state index is -2.99. The Balaban J connectivity index is 2.45. The molecule has 1 fully saturated rings. The molecule has 0 bridgehead atoms. The summed E-state index contributed by atoms with van der Waals surface area (Å²) < 4.78 is 21.3. The maximum Gasteiger partial charge on any atom is 0.168 e. The molecule has 0 spiro atoms. The lowest BCUT2D eigenvalue weighted by atomic mass is 10.2. The van der Waals surface area contributed by atoms with Gasteiger partial charge in [-0.3, -0.25) is 0 Å². The summed E-state index contributed by atoms with van der Waals surface area (Å²) in [5.74, 6) is 0.521. The van der Waals surface area contributed by atoms with Crippen molar-refractivity contribution in [3.63, 3.8) is 0 Å². The first kappa shape index (κ1) is 8.74. The zero-order valence-electron chi connectivity index (χ0n) is 6.53. The fourth-order valence-electron chi connectivity index (χ4n) is 0.872. The molecule has 0 amide bonds. The van der Waals surface area contributed by atoms with E-state index in [9.17, 15) is 8.42 Å². The third-order valence-electron chi connectivity index (χ3n) is 1.71. The minimum Gasteiger partial charge on any atom is -0.324 e. The van der Waals surface area contributed by atoms with Crippen LogP contribution in [0.2, 0.25) is 0 Å². The van der Waals surface area contributed by atoms with Crippen molar-refractivity contribution < 1.29 is 8.42 Å². The van der Waals surface area contributed by atoms with E-state index in [-0.39, 0.29) is 6.04 Å². The van der Waals surface area contributed by atoms with E-state index in [1.54, 1.807) is 6.08 Å². The Morgan fingerprint density at radius 3 is 2.45 bits per heavy atom. The molecule has 1 aliphatic carbocycles. The Kier molecular flexibility index (Phi) is 2.34. The highest BCUT2D eigenvalue weighted by Crippen LogP contribution is 2.31. The number of rotatable bonds is 3. The number of nitrogens with two attached hydrogens (primary N) is 1. The first-order valence-corrected chi connectivity index (χ1v) is 5.58. The fourth-order valence-corrected chi connectivity index (χ4v) is 1.34. The van der Waals surface area contributed by atoms with Crippen LogP contribution in [0.4, 0.5) is 0 Å². The number of hydrogen-bond acceptors (Lipinski definition) is 3. The maximum absolute atomic E-state index is 10.6. The van der Waals surface area contributed by atoms with Crippen molar-refractivity contribution in [2.24, 2.45) is 11.7 Å². The second-order valence-corrected chi connectivity index (χ2v) is 5.00. The van der Waals surface area contributed by atoms with Gasteiger partial charge >= 0.3 is 0 Å². The second-order valence-electron chi connectivity index (χ2n) is 3.07. The Hall–Kier alpha value is -0.350. The van der Waals surface area contributed by atoms with E-state index in [1.165, 1.54) is 11.7 Å². The van der Waals surface area contributed by atoms with Gasteiger partial charge in [0.1, 0.15) is 0 Å². The zero-order valence-corrected chi connectivity index (χ0v) is 7.34. The van der Waals surface area contributed by atoms with Crippen LogP contribution in [0.3, 0.4) is 0 Å². The standard InChI is InChI=1S/C7H13NO2S/c1-11(9,10)5-4-7(8)6-2-3-6/h4-7H,2-3,8H2,1H3/b5-4+. The normalized spacial score (nSPS) is 22.4. The summed E-state index contributed by atoms with van der Waals surface area (Å²) in [6, 6.07) is -0.0651. The van der Waals surface area contributed by atoms with Gasteiger partial charge < -0.3 is 5.73 Å². The van der Waals surface area contributed by atoms with Gasteiger partial charge in [0.25, 0.3) is 0 Å². The van der Waals surface area contributed by atoms with Crippen LogP contribution in [0.25, 0.3) is 0 Å². The maximum atomic E-state index is 10.6. The van der Waals surface area contributed by atoms with Crippen LogP contribution in [-0.2, 0) is 9.84 Å². The Morgan fingerprint density at radius 2 is 2.09 bits per heavy atom. The van der Waals surface area contributed by atoms with Crippen LogP contribution in [0.5, 0.6) is 0 Å². The molecule has 0 aromatic carbocycles. The van der Waals surface area contributed by atoms with Gasteiger partial charge in [0.2, 0.25) is 0 Å². The number of hydrogen-bond donors (Lipinski definition) is 1. The molecule has 3 nitrogen and oxygen atoms in total. The Bertz CT molecular complexity index is 252. The quantitative estimate of drug-likeness (QED) is 0.670. The SMILES string of the molecule is CS(=O)(=O)/C=C/C(N)C1CC1. The van der Waals surface area contributed by atoms with Crippen molar-refractivity contribution in [2.75, 3.05) is 6.26 Å². The smallest absolute Gasteiger partial charge is 0.168 e. The molecule has 1 aliphatic rings. The summed E-state index contributed by atoms with van der Waals surface area (Å²) in [5, 5.41) is 1.19. The van der Waals surface area contributed by atoms with Gasteiger partial charge in [-0.05, 0) is 18.8 Å². The largest absolute Gasteiger partial charge is 0.324 e. The lowest BCUT2D eigenvalue weighted by Gasteiger charge is -2.00. The number of sulfone groups is 1.